The number of hydrogen-bond donors (Lipinski definition) is 0. The Balaban J connectivity index is 1.57. The minimum absolute atomic E-state index is 0.0865. The van der Waals surface area contributed by atoms with Gasteiger partial charge >= 0.3 is 0 Å². The van der Waals surface area contributed by atoms with Gasteiger partial charge in [-0.2, -0.15) is 5.26 Å². The molecule has 0 aliphatic carbocycles. The molecule has 0 unspecified atom stereocenters. The fourth-order valence-corrected chi connectivity index (χ4v) is 4.75. The molecule has 32 heavy (non-hydrogen) atoms. The number of para-hydroxylation sites is 2. The number of benzene rings is 2. The van der Waals surface area contributed by atoms with Gasteiger partial charge < -0.3 is 14.4 Å². The number of hydrogen-bond acceptors (Lipinski definition) is 7. The van der Waals surface area contributed by atoms with Gasteiger partial charge in [-0.3, -0.25) is 4.79 Å². The maximum Gasteiger partial charge on any atom is 0.191 e. The van der Waals surface area contributed by atoms with Gasteiger partial charge in [0.25, 0.3) is 0 Å². The summed E-state index contributed by atoms with van der Waals surface area (Å²) in [6.45, 7) is 2.64. The number of ketones is 1. The summed E-state index contributed by atoms with van der Waals surface area (Å²) in [5, 5.41) is 19.7. The zero-order valence-corrected chi connectivity index (χ0v) is 19.5. The van der Waals surface area contributed by atoms with Gasteiger partial charge in [0, 0.05) is 31.2 Å². The number of aromatic nitrogens is 3. The first-order valence-corrected chi connectivity index (χ1v) is 11.4. The van der Waals surface area contributed by atoms with Gasteiger partial charge in [0.2, 0.25) is 0 Å². The van der Waals surface area contributed by atoms with Crippen LogP contribution >= 0.6 is 23.4 Å². The van der Waals surface area contributed by atoms with Gasteiger partial charge in [-0.05, 0) is 43.3 Å². The van der Waals surface area contributed by atoms with Crippen molar-refractivity contribution in [3.05, 3.63) is 64.9 Å². The lowest BCUT2D eigenvalue weighted by atomic mass is 10.2. The van der Waals surface area contributed by atoms with E-state index < -0.39 is 0 Å². The zero-order valence-electron chi connectivity index (χ0n) is 17.9. The summed E-state index contributed by atoms with van der Waals surface area (Å²) >= 11 is 7.27. The number of Topliss-reactive ketones (excluding diaryl/α,β-unsaturated/α-hetero) is 1. The van der Waals surface area contributed by atoms with Crippen molar-refractivity contribution in [2.24, 2.45) is 0 Å². The smallest absolute Gasteiger partial charge is 0.191 e. The van der Waals surface area contributed by atoms with Gasteiger partial charge in [-0.15, -0.1) is 10.2 Å². The SMILES string of the molecule is CCn1c(SCC(=O)C(C#N)=C2N(C)c3ccccc3N2C)nnc1-c1ccc(Cl)cc1. The van der Waals surface area contributed by atoms with Gasteiger partial charge in [-0.1, -0.05) is 35.5 Å². The summed E-state index contributed by atoms with van der Waals surface area (Å²) in [6, 6.07) is 17.3. The molecule has 1 aromatic heterocycles. The number of fused-ring (bicyclic) bond motifs is 1. The molecule has 4 rings (SSSR count). The van der Waals surface area contributed by atoms with E-state index in [0.717, 1.165) is 16.9 Å². The molecule has 0 saturated carbocycles. The van der Waals surface area contributed by atoms with E-state index in [1.54, 1.807) is 12.1 Å². The number of rotatable bonds is 6. The van der Waals surface area contributed by atoms with Crippen LogP contribution in [0.3, 0.4) is 0 Å². The third-order valence-corrected chi connectivity index (χ3v) is 6.54. The molecule has 0 fully saturated rings. The Hall–Kier alpha value is -3.28. The van der Waals surface area contributed by atoms with Gasteiger partial charge in [0.15, 0.2) is 16.8 Å². The first-order valence-electron chi connectivity index (χ1n) is 10.0. The van der Waals surface area contributed by atoms with Crippen molar-refractivity contribution >= 4 is 40.5 Å². The molecule has 0 atom stereocenters. The van der Waals surface area contributed by atoms with Crippen LogP contribution in [0.5, 0.6) is 0 Å². The lowest BCUT2D eigenvalue weighted by Gasteiger charge is -2.19. The maximum absolute atomic E-state index is 13.1. The van der Waals surface area contributed by atoms with Crippen LogP contribution in [0.25, 0.3) is 11.4 Å². The topological polar surface area (TPSA) is 78.0 Å². The molecule has 0 bridgehead atoms. The quantitative estimate of drug-likeness (QED) is 0.299. The Morgan fingerprint density at radius 1 is 1.06 bits per heavy atom. The summed E-state index contributed by atoms with van der Waals surface area (Å²) in [5.41, 5.74) is 2.93. The predicted octanol–water partition coefficient (Wildman–Crippen LogP) is 4.60. The van der Waals surface area contributed by atoms with Crippen LogP contribution in [-0.4, -0.2) is 40.4 Å². The molecule has 3 aromatic rings. The van der Waals surface area contributed by atoms with Crippen LogP contribution in [0.1, 0.15) is 6.92 Å². The Kier molecular flexibility index (Phi) is 6.21. The Morgan fingerprint density at radius 3 is 2.25 bits per heavy atom. The number of nitriles is 1. The third kappa shape index (κ3) is 3.85. The average molecular weight is 465 g/mol. The standard InChI is InChI=1S/C23H21ClN6OS/c1-4-30-21(15-9-11-16(24)12-10-15)26-27-23(30)32-14-20(31)17(13-25)22-28(2)18-7-5-6-8-19(18)29(22)3/h5-12H,4,14H2,1-3H3. The highest BCUT2D eigenvalue weighted by atomic mass is 35.5. The number of allylic oxidation sites excluding steroid dienone is 1. The second-order valence-corrected chi connectivity index (χ2v) is 8.57. The number of anilines is 2. The molecule has 2 heterocycles. The summed E-state index contributed by atoms with van der Waals surface area (Å²) in [7, 11) is 3.73. The van der Waals surface area contributed by atoms with E-state index in [1.165, 1.54) is 11.8 Å². The zero-order chi connectivity index (χ0) is 22.8. The van der Waals surface area contributed by atoms with E-state index in [2.05, 4.69) is 16.3 Å². The molecular weight excluding hydrogens is 444 g/mol. The highest BCUT2D eigenvalue weighted by Crippen LogP contribution is 2.40. The van der Waals surface area contributed by atoms with Crippen molar-refractivity contribution in [1.29, 1.82) is 5.26 Å². The first-order chi connectivity index (χ1) is 15.5. The first kappa shape index (κ1) is 21.9. The molecule has 0 spiro atoms. The van der Waals surface area contributed by atoms with Crippen molar-refractivity contribution in [3.8, 4) is 17.5 Å². The number of carbonyl (C=O) groups excluding carboxylic acids is 1. The number of halogens is 1. The molecule has 7 nitrogen and oxygen atoms in total. The van der Waals surface area contributed by atoms with E-state index in [-0.39, 0.29) is 17.1 Å². The molecule has 1 aliphatic heterocycles. The predicted molar refractivity (Wildman–Crippen MR) is 128 cm³/mol. The highest BCUT2D eigenvalue weighted by molar-refractivity contribution is 7.99. The molecule has 0 N–H and O–H groups in total. The van der Waals surface area contributed by atoms with Crippen molar-refractivity contribution in [2.45, 2.75) is 18.6 Å². The molecule has 1 aliphatic rings. The monoisotopic (exact) mass is 464 g/mol. The lowest BCUT2D eigenvalue weighted by molar-refractivity contribution is -0.112. The minimum atomic E-state index is -0.252. The van der Waals surface area contributed by atoms with Crippen LogP contribution in [0.4, 0.5) is 11.4 Å². The number of nitrogens with zero attached hydrogens (tertiary/aromatic N) is 6. The molecule has 0 amide bonds. The highest BCUT2D eigenvalue weighted by Gasteiger charge is 2.31. The molecule has 9 heteroatoms. The average Bonchev–Trinajstić information content (AvgIpc) is 3.33. The number of thioether (sulfide) groups is 1. The van der Waals surface area contributed by atoms with E-state index in [9.17, 15) is 10.1 Å². The molecule has 162 valence electrons. The Bertz CT molecular complexity index is 1210. The Morgan fingerprint density at radius 2 is 1.69 bits per heavy atom. The number of carbonyl (C=O) groups is 1. The third-order valence-electron chi connectivity index (χ3n) is 5.32. The molecule has 0 radical (unpaired) electrons. The van der Waals surface area contributed by atoms with Crippen LogP contribution in [0, 0.1) is 11.3 Å². The molecular formula is C23H21ClN6OS. The summed E-state index contributed by atoms with van der Waals surface area (Å²) in [5.74, 6) is 1.13. The van der Waals surface area contributed by atoms with E-state index in [4.69, 9.17) is 11.6 Å². The minimum Gasteiger partial charge on any atom is -0.328 e. The normalized spacial score (nSPS) is 12.7. The molecule has 2 aromatic carbocycles. The van der Waals surface area contributed by atoms with Gasteiger partial charge in [-0.25, -0.2) is 0 Å². The van der Waals surface area contributed by atoms with Crippen LogP contribution in [-0.2, 0) is 11.3 Å². The van der Waals surface area contributed by atoms with Crippen molar-refractivity contribution in [2.75, 3.05) is 29.6 Å². The van der Waals surface area contributed by atoms with E-state index >= 15 is 0 Å². The second kappa shape index (κ2) is 9.07. The van der Waals surface area contributed by atoms with Crippen LogP contribution in [0.15, 0.2) is 65.1 Å². The van der Waals surface area contributed by atoms with E-state index in [1.807, 2.05) is 71.8 Å². The van der Waals surface area contributed by atoms with Crippen molar-refractivity contribution < 1.29 is 4.79 Å². The summed E-state index contributed by atoms with van der Waals surface area (Å²) < 4.78 is 1.95. The van der Waals surface area contributed by atoms with Gasteiger partial charge in [0.1, 0.15) is 17.5 Å². The van der Waals surface area contributed by atoms with E-state index in [0.29, 0.717) is 28.4 Å². The maximum atomic E-state index is 13.1. The summed E-state index contributed by atoms with van der Waals surface area (Å²) in [4.78, 5) is 16.8. The lowest BCUT2D eigenvalue weighted by Crippen LogP contribution is -2.26. The van der Waals surface area contributed by atoms with Crippen molar-refractivity contribution in [3.63, 3.8) is 0 Å². The van der Waals surface area contributed by atoms with Crippen molar-refractivity contribution in [1.82, 2.24) is 14.8 Å². The van der Waals surface area contributed by atoms with Crippen LogP contribution in [0.2, 0.25) is 5.02 Å². The fraction of sp³-hybridized carbons (Fsp3) is 0.217. The largest absolute Gasteiger partial charge is 0.328 e. The Labute approximate surface area is 195 Å². The van der Waals surface area contributed by atoms with Gasteiger partial charge in [0.05, 0.1) is 17.1 Å². The fourth-order valence-electron chi connectivity index (χ4n) is 3.75. The summed E-state index contributed by atoms with van der Waals surface area (Å²) in [6.07, 6.45) is 0. The van der Waals surface area contributed by atoms with Crippen LogP contribution < -0.4 is 9.80 Å². The molecule has 0 saturated heterocycles. The second-order valence-electron chi connectivity index (χ2n) is 7.19.